The molecule has 5 heteroatoms. The number of para-hydroxylation sites is 1. The van der Waals surface area contributed by atoms with Crippen LogP contribution in [0.15, 0.2) is 46.9 Å². The minimum atomic E-state index is -0.281. The van der Waals surface area contributed by atoms with Gasteiger partial charge in [-0.2, -0.15) is 0 Å². The van der Waals surface area contributed by atoms with E-state index in [-0.39, 0.29) is 12.6 Å². The number of hydrogen-bond acceptors (Lipinski definition) is 4. The van der Waals surface area contributed by atoms with E-state index in [1.165, 1.54) is 0 Å². The van der Waals surface area contributed by atoms with Crippen molar-refractivity contribution in [1.29, 1.82) is 0 Å². The van der Waals surface area contributed by atoms with Gasteiger partial charge in [-0.3, -0.25) is 0 Å². The average Bonchev–Trinajstić information content (AvgIpc) is 2.53. The molecule has 112 valence electrons. The molecule has 2 rings (SSSR count). The molecule has 0 saturated carbocycles. The Morgan fingerprint density at radius 2 is 1.81 bits per heavy atom. The predicted molar refractivity (Wildman–Crippen MR) is 87.1 cm³/mol. The van der Waals surface area contributed by atoms with Gasteiger partial charge in [0.2, 0.25) is 0 Å². The van der Waals surface area contributed by atoms with Gasteiger partial charge in [0.15, 0.2) is 11.5 Å². The first-order valence-corrected chi connectivity index (χ1v) is 7.32. The van der Waals surface area contributed by atoms with E-state index in [9.17, 15) is 5.11 Å². The molecule has 2 aromatic rings. The van der Waals surface area contributed by atoms with Gasteiger partial charge < -0.3 is 19.9 Å². The van der Waals surface area contributed by atoms with E-state index < -0.39 is 0 Å². The molecule has 1 unspecified atom stereocenters. The maximum atomic E-state index is 9.71. The van der Waals surface area contributed by atoms with Crippen molar-refractivity contribution in [2.24, 2.45) is 0 Å². The summed E-state index contributed by atoms with van der Waals surface area (Å²) in [6, 6.07) is 13.1. The Balaban J connectivity index is 2.31. The number of ether oxygens (including phenoxy) is 2. The van der Waals surface area contributed by atoms with Crippen molar-refractivity contribution in [1.82, 2.24) is 0 Å². The lowest BCUT2D eigenvalue weighted by molar-refractivity contribution is 0.271. The maximum absolute atomic E-state index is 9.71. The molecule has 0 heterocycles. The third-order valence-corrected chi connectivity index (χ3v) is 3.71. The molecule has 0 radical (unpaired) electrons. The molecule has 4 nitrogen and oxygen atoms in total. The zero-order valence-electron chi connectivity index (χ0n) is 12.0. The quantitative estimate of drug-likeness (QED) is 0.834. The monoisotopic (exact) mass is 351 g/mol. The number of hydrogen-bond donors (Lipinski definition) is 2. The van der Waals surface area contributed by atoms with Crippen LogP contribution in [0.4, 0.5) is 5.69 Å². The van der Waals surface area contributed by atoms with E-state index in [0.29, 0.717) is 11.5 Å². The van der Waals surface area contributed by atoms with Crippen molar-refractivity contribution < 1.29 is 14.6 Å². The molecule has 2 aromatic carbocycles. The lowest BCUT2D eigenvalue weighted by Gasteiger charge is -2.21. The molecule has 21 heavy (non-hydrogen) atoms. The van der Waals surface area contributed by atoms with Crippen molar-refractivity contribution in [3.8, 4) is 11.5 Å². The van der Waals surface area contributed by atoms with E-state index in [4.69, 9.17) is 9.47 Å². The van der Waals surface area contributed by atoms with Crippen LogP contribution in [-0.2, 0) is 0 Å². The van der Waals surface area contributed by atoms with Crippen molar-refractivity contribution in [3.63, 3.8) is 0 Å². The highest BCUT2D eigenvalue weighted by Gasteiger charge is 2.18. The summed E-state index contributed by atoms with van der Waals surface area (Å²) >= 11 is 3.40. The first-order valence-electron chi connectivity index (χ1n) is 6.53. The number of nitrogens with one attached hydrogen (secondary N) is 1. The number of aliphatic hydroxyl groups is 1. The standard InChI is InChI=1S/C16H18BrNO3/c1-20-15-5-3-4-13(16(15)21-2)14(10-19)18-12-8-6-11(17)7-9-12/h3-9,14,18-19H,10H2,1-2H3. The second-order valence-corrected chi connectivity index (χ2v) is 5.38. The molecule has 0 amide bonds. The fourth-order valence-corrected chi connectivity index (χ4v) is 2.42. The summed E-state index contributed by atoms with van der Waals surface area (Å²) in [6.07, 6.45) is 0. The second kappa shape index (κ2) is 7.33. The Hall–Kier alpha value is -1.72. The van der Waals surface area contributed by atoms with Crippen LogP contribution in [0.25, 0.3) is 0 Å². The minimum Gasteiger partial charge on any atom is -0.493 e. The molecule has 0 aliphatic rings. The van der Waals surface area contributed by atoms with E-state index in [1.54, 1.807) is 14.2 Å². The molecule has 1 atom stereocenters. The van der Waals surface area contributed by atoms with Gasteiger partial charge >= 0.3 is 0 Å². The predicted octanol–water partition coefficient (Wildman–Crippen LogP) is 3.61. The first-order chi connectivity index (χ1) is 10.2. The zero-order chi connectivity index (χ0) is 15.2. The fourth-order valence-electron chi connectivity index (χ4n) is 2.16. The van der Waals surface area contributed by atoms with Crippen LogP contribution in [-0.4, -0.2) is 25.9 Å². The average molecular weight is 352 g/mol. The van der Waals surface area contributed by atoms with Crippen molar-refractivity contribution in [2.45, 2.75) is 6.04 Å². The van der Waals surface area contributed by atoms with Gasteiger partial charge in [-0.05, 0) is 30.3 Å². The highest BCUT2D eigenvalue weighted by atomic mass is 79.9. The number of halogens is 1. The minimum absolute atomic E-state index is 0.0560. The summed E-state index contributed by atoms with van der Waals surface area (Å²) in [7, 11) is 3.19. The van der Waals surface area contributed by atoms with Crippen LogP contribution in [0.2, 0.25) is 0 Å². The Bertz CT molecular complexity index is 587. The molecule has 2 N–H and O–H groups in total. The summed E-state index contributed by atoms with van der Waals surface area (Å²) in [4.78, 5) is 0. The van der Waals surface area contributed by atoms with Gasteiger partial charge in [0.1, 0.15) is 0 Å². The maximum Gasteiger partial charge on any atom is 0.166 e. The highest BCUT2D eigenvalue weighted by Crippen LogP contribution is 2.35. The van der Waals surface area contributed by atoms with E-state index in [0.717, 1.165) is 15.7 Å². The number of methoxy groups -OCH3 is 2. The van der Waals surface area contributed by atoms with Gasteiger partial charge in [-0.15, -0.1) is 0 Å². The van der Waals surface area contributed by atoms with E-state index in [1.807, 2.05) is 42.5 Å². The molecular formula is C16H18BrNO3. The third kappa shape index (κ3) is 3.68. The van der Waals surface area contributed by atoms with Crippen LogP contribution >= 0.6 is 15.9 Å². The summed E-state index contributed by atoms with van der Waals surface area (Å²) in [5.74, 6) is 1.27. The molecule has 0 fully saturated rings. The molecule has 0 aliphatic heterocycles. The number of anilines is 1. The smallest absolute Gasteiger partial charge is 0.166 e. The lowest BCUT2D eigenvalue weighted by atomic mass is 10.1. The Kier molecular flexibility index (Phi) is 5.47. The van der Waals surface area contributed by atoms with E-state index >= 15 is 0 Å². The molecule has 0 spiro atoms. The van der Waals surface area contributed by atoms with Crippen LogP contribution in [0.5, 0.6) is 11.5 Å². The van der Waals surface area contributed by atoms with Gasteiger partial charge in [0.05, 0.1) is 26.9 Å². The van der Waals surface area contributed by atoms with Crippen LogP contribution < -0.4 is 14.8 Å². The largest absolute Gasteiger partial charge is 0.493 e. The summed E-state index contributed by atoms with van der Waals surface area (Å²) in [5.41, 5.74) is 1.77. The number of benzene rings is 2. The molecule has 0 aliphatic carbocycles. The van der Waals surface area contributed by atoms with Crippen LogP contribution in [0.1, 0.15) is 11.6 Å². The Morgan fingerprint density at radius 3 is 2.38 bits per heavy atom. The Labute approximate surface area is 132 Å². The summed E-state index contributed by atoms with van der Waals surface area (Å²) in [6.45, 7) is -0.0560. The Morgan fingerprint density at radius 1 is 1.10 bits per heavy atom. The normalized spacial score (nSPS) is 11.8. The van der Waals surface area contributed by atoms with Gasteiger partial charge in [0, 0.05) is 15.7 Å². The molecular weight excluding hydrogens is 334 g/mol. The number of rotatable bonds is 6. The van der Waals surface area contributed by atoms with Crippen LogP contribution in [0, 0.1) is 0 Å². The molecule has 0 bridgehead atoms. The van der Waals surface area contributed by atoms with Crippen molar-refractivity contribution in [2.75, 3.05) is 26.1 Å². The van der Waals surface area contributed by atoms with Crippen molar-refractivity contribution in [3.05, 3.63) is 52.5 Å². The van der Waals surface area contributed by atoms with E-state index in [2.05, 4.69) is 21.2 Å². The van der Waals surface area contributed by atoms with Crippen LogP contribution in [0.3, 0.4) is 0 Å². The summed E-state index contributed by atoms with van der Waals surface area (Å²) in [5, 5.41) is 13.0. The number of aliphatic hydroxyl groups excluding tert-OH is 1. The fraction of sp³-hybridized carbons (Fsp3) is 0.250. The second-order valence-electron chi connectivity index (χ2n) is 4.47. The van der Waals surface area contributed by atoms with Crippen molar-refractivity contribution >= 4 is 21.6 Å². The van der Waals surface area contributed by atoms with Gasteiger partial charge in [0.25, 0.3) is 0 Å². The molecule has 0 saturated heterocycles. The summed E-state index contributed by atoms with van der Waals surface area (Å²) < 4.78 is 11.7. The van der Waals surface area contributed by atoms with Gasteiger partial charge in [-0.1, -0.05) is 28.1 Å². The first kappa shape index (κ1) is 15.7. The lowest BCUT2D eigenvalue weighted by Crippen LogP contribution is -2.16. The molecule has 0 aromatic heterocycles. The topological polar surface area (TPSA) is 50.7 Å². The highest BCUT2D eigenvalue weighted by molar-refractivity contribution is 9.10. The zero-order valence-corrected chi connectivity index (χ0v) is 13.6. The third-order valence-electron chi connectivity index (χ3n) is 3.18. The van der Waals surface area contributed by atoms with Gasteiger partial charge in [-0.25, -0.2) is 0 Å². The SMILES string of the molecule is COc1cccc(C(CO)Nc2ccc(Br)cc2)c1OC.